The van der Waals surface area contributed by atoms with Crippen molar-refractivity contribution in [3.63, 3.8) is 0 Å². The predicted octanol–water partition coefficient (Wildman–Crippen LogP) is 11.8. The van der Waals surface area contributed by atoms with E-state index in [0.29, 0.717) is 52.1 Å². The summed E-state index contributed by atoms with van der Waals surface area (Å²) in [6, 6.07) is 0. The fourth-order valence-electron chi connectivity index (χ4n) is 6.54. The minimum absolute atomic E-state index is 0.102. The van der Waals surface area contributed by atoms with Crippen LogP contribution in [0.15, 0.2) is 25.3 Å². The Morgan fingerprint density at radius 1 is 0.397 bits per heavy atom. The van der Waals surface area contributed by atoms with Crippen LogP contribution in [-0.2, 0) is 47.6 Å². The van der Waals surface area contributed by atoms with Gasteiger partial charge in [-0.15, -0.1) is 0 Å². The van der Waals surface area contributed by atoms with Crippen molar-refractivity contribution in [2.45, 2.75) is 195 Å². The van der Waals surface area contributed by atoms with Gasteiger partial charge < -0.3 is 28.4 Å². The minimum Gasteiger partial charge on any atom is -0.465 e. The molecule has 58 heavy (non-hydrogen) atoms. The molecule has 0 aliphatic rings. The van der Waals surface area contributed by atoms with E-state index in [1.807, 2.05) is 13.8 Å². The average Bonchev–Trinajstić information content (AvgIpc) is 3.24. The molecule has 0 aromatic rings. The van der Waals surface area contributed by atoms with Gasteiger partial charge in [-0.3, -0.25) is 9.59 Å². The van der Waals surface area contributed by atoms with Crippen LogP contribution in [0.25, 0.3) is 0 Å². The first-order valence-corrected chi connectivity index (χ1v) is 23.2. The molecule has 0 aliphatic carbocycles. The fraction of sp³-hybridized carbons (Fsp3) is 0.833. The maximum Gasteiger partial charge on any atom is 0.330 e. The van der Waals surface area contributed by atoms with Crippen LogP contribution in [0.5, 0.6) is 0 Å². The zero-order valence-corrected chi connectivity index (χ0v) is 37.7. The van der Waals surface area contributed by atoms with E-state index >= 15 is 0 Å². The second-order valence-electron chi connectivity index (χ2n) is 16.3. The summed E-state index contributed by atoms with van der Waals surface area (Å²) < 4.78 is 34.2. The molecular weight excluding hydrogens is 737 g/mol. The molecule has 338 valence electrons. The molecule has 0 radical (unpaired) electrons. The molecule has 0 bridgehead atoms. The Morgan fingerprint density at radius 3 is 1.00 bits per heavy atom. The lowest BCUT2D eigenvalue weighted by atomic mass is 9.88. The number of esters is 4. The molecule has 0 aromatic heterocycles. The molecule has 2 atom stereocenters. The minimum atomic E-state index is -0.605. The molecule has 0 saturated carbocycles. The lowest BCUT2D eigenvalue weighted by Crippen LogP contribution is -2.38. The fourth-order valence-corrected chi connectivity index (χ4v) is 6.54. The molecule has 0 N–H and O–H groups in total. The Bertz CT molecular complexity index is 979. The van der Waals surface area contributed by atoms with Gasteiger partial charge in [0, 0.05) is 38.2 Å². The molecule has 2 unspecified atom stereocenters. The molecular formula is C48H86O10. The van der Waals surface area contributed by atoms with Crippen LogP contribution in [0.1, 0.15) is 195 Å². The van der Waals surface area contributed by atoms with E-state index in [1.165, 1.54) is 77.0 Å². The van der Waals surface area contributed by atoms with Gasteiger partial charge in [0.1, 0.15) is 26.4 Å². The third-order valence-electron chi connectivity index (χ3n) is 11.1. The van der Waals surface area contributed by atoms with Gasteiger partial charge in [0.15, 0.2) is 0 Å². The van der Waals surface area contributed by atoms with Gasteiger partial charge in [-0.2, -0.15) is 0 Å². The van der Waals surface area contributed by atoms with Crippen LogP contribution in [-0.4, -0.2) is 76.7 Å². The standard InChI is InChI=1S/C48H86O10/c1-7-13-15-17-19-23-27-31-35-53-37-47(11-5,39-55-43(49)9-3)41-57-45(51)33-29-25-21-22-26-30-34-46(52)58-42-48(12-6,40-56-44(50)10-4)38-54-36-32-28-24-20-18-16-14-8-2/h9-10H,3-4,7-8,11-42H2,1-2,5-6H3. The summed E-state index contributed by atoms with van der Waals surface area (Å²) >= 11 is 0. The monoisotopic (exact) mass is 823 g/mol. The quantitative estimate of drug-likeness (QED) is 0.0254. The van der Waals surface area contributed by atoms with E-state index < -0.39 is 22.8 Å². The molecule has 0 saturated heterocycles. The highest BCUT2D eigenvalue weighted by Crippen LogP contribution is 2.26. The van der Waals surface area contributed by atoms with E-state index in [4.69, 9.17) is 28.4 Å². The van der Waals surface area contributed by atoms with Gasteiger partial charge in [0.2, 0.25) is 0 Å². The summed E-state index contributed by atoms with van der Waals surface area (Å²) in [5, 5.41) is 0. The van der Waals surface area contributed by atoms with Crippen molar-refractivity contribution < 1.29 is 47.6 Å². The molecule has 0 heterocycles. The molecule has 0 fully saturated rings. The van der Waals surface area contributed by atoms with Gasteiger partial charge in [-0.05, 0) is 38.5 Å². The van der Waals surface area contributed by atoms with Gasteiger partial charge in [0.05, 0.1) is 24.0 Å². The molecule has 0 amide bonds. The van der Waals surface area contributed by atoms with E-state index in [9.17, 15) is 19.2 Å². The van der Waals surface area contributed by atoms with Gasteiger partial charge in [-0.1, -0.05) is 156 Å². The summed E-state index contributed by atoms with van der Waals surface area (Å²) in [7, 11) is 0. The highest BCUT2D eigenvalue weighted by Gasteiger charge is 2.33. The Kier molecular flexibility index (Phi) is 36.7. The summed E-state index contributed by atoms with van der Waals surface area (Å²) in [4.78, 5) is 49.0. The van der Waals surface area contributed by atoms with Crippen LogP contribution in [0.2, 0.25) is 0 Å². The normalized spacial score (nSPS) is 13.2. The molecule has 10 nitrogen and oxygen atoms in total. The zero-order chi connectivity index (χ0) is 43.0. The lowest BCUT2D eigenvalue weighted by molar-refractivity contribution is -0.157. The Morgan fingerprint density at radius 2 is 0.690 bits per heavy atom. The topological polar surface area (TPSA) is 124 Å². The second-order valence-corrected chi connectivity index (χ2v) is 16.3. The van der Waals surface area contributed by atoms with Crippen molar-refractivity contribution >= 4 is 23.9 Å². The van der Waals surface area contributed by atoms with Crippen LogP contribution in [0, 0.1) is 10.8 Å². The smallest absolute Gasteiger partial charge is 0.330 e. The van der Waals surface area contributed by atoms with Crippen molar-refractivity contribution in [2.75, 3.05) is 52.9 Å². The first-order valence-electron chi connectivity index (χ1n) is 23.2. The Balaban J connectivity index is 4.48. The van der Waals surface area contributed by atoms with Crippen LogP contribution in [0.3, 0.4) is 0 Å². The lowest BCUT2D eigenvalue weighted by Gasteiger charge is -2.31. The van der Waals surface area contributed by atoms with Crippen molar-refractivity contribution in [3.05, 3.63) is 25.3 Å². The van der Waals surface area contributed by atoms with E-state index in [1.54, 1.807) is 0 Å². The predicted molar refractivity (Wildman–Crippen MR) is 233 cm³/mol. The van der Waals surface area contributed by atoms with Crippen molar-refractivity contribution in [3.8, 4) is 0 Å². The van der Waals surface area contributed by atoms with E-state index in [-0.39, 0.29) is 38.4 Å². The number of carbonyl (C=O) groups excluding carboxylic acids is 4. The van der Waals surface area contributed by atoms with Crippen LogP contribution in [0.4, 0.5) is 0 Å². The van der Waals surface area contributed by atoms with Crippen molar-refractivity contribution in [2.24, 2.45) is 10.8 Å². The first kappa shape index (κ1) is 55.3. The SMILES string of the molecule is C=CC(=O)OCC(CC)(COCCCCCCCCCC)COC(=O)CCCCCCCCC(=O)OCC(CC)(COCCCCCCCCCC)COC(=O)C=C. The Labute approximate surface area is 354 Å². The maximum absolute atomic E-state index is 12.7. The summed E-state index contributed by atoms with van der Waals surface area (Å²) in [6.07, 6.45) is 28.8. The Hall–Kier alpha value is -2.72. The molecule has 0 rings (SSSR count). The van der Waals surface area contributed by atoms with Crippen molar-refractivity contribution in [1.29, 1.82) is 0 Å². The summed E-state index contributed by atoms with van der Waals surface area (Å²) in [5.74, 6) is -1.54. The third kappa shape index (κ3) is 31.2. The van der Waals surface area contributed by atoms with Gasteiger partial charge >= 0.3 is 23.9 Å². The second kappa shape index (κ2) is 38.5. The van der Waals surface area contributed by atoms with Crippen LogP contribution >= 0.6 is 0 Å². The summed E-state index contributed by atoms with van der Waals surface area (Å²) in [6.45, 7) is 17.8. The summed E-state index contributed by atoms with van der Waals surface area (Å²) in [5.41, 5.74) is -1.21. The first-order chi connectivity index (χ1) is 28.1. The van der Waals surface area contributed by atoms with Crippen LogP contribution < -0.4 is 0 Å². The molecule has 10 heteroatoms. The zero-order valence-electron chi connectivity index (χ0n) is 37.7. The highest BCUT2D eigenvalue weighted by molar-refractivity contribution is 5.81. The molecule has 0 spiro atoms. The highest BCUT2D eigenvalue weighted by atomic mass is 16.6. The number of unbranched alkanes of at least 4 members (excludes halogenated alkanes) is 19. The number of hydrogen-bond acceptors (Lipinski definition) is 10. The van der Waals surface area contributed by atoms with Gasteiger partial charge in [-0.25, -0.2) is 9.59 Å². The van der Waals surface area contributed by atoms with Gasteiger partial charge in [0.25, 0.3) is 0 Å². The largest absolute Gasteiger partial charge is 0.465 e. The number of rotatable bonds is 43. The average molecular weight is 823 g/mol. The van der Waals surface area contributed by atoms with Crippen molar-refractivity contribution in [1.82, 2.24) is 0 Å². The number of hydrogen-bond donors (Lipinski definition) is 0. The maximum atomic E-state index is 12.7. The molecule has 0 aliphatic heterocycles. The van der Waals surface area contributed by atoms with E-state index in [2.05, 4.69) is 27.0 Å². The third-order valence-corrected chi connectivity index (χ3v) is 11.1. The van der Waals surface area contributed by atoms with E-state index in [0.717, 1.165) is 76.4 Å². The number of ether oxygens (including phenoxy) is 6. The number of carbonyl (C=O) groups is 4. The molecule has 0 aromatic carbocycles.